The number of nitrogens with one attached hydrogen (secondary N) is 1. The van der Waals surface area contributed by atoms with E-state index in [1.54, 1.807) is 19.0 Å². The van der Waals surface area contributed by atoms with Crippen LogP contribution in [0.25, 0.3) is 0 Å². The van der Waals surface area contributed by atoms with Gasteiger partial charge in [0.25, 0.3) is 0 Å². The van der Waals surface area contributed by atoms with Gasteiger partial charge in [0.1, 0.15) is 0 Å². The molecule has 0 unspecified atom stereocenters. The van der Waals surface area contributed by atoms with Crippen LogP contribution in [-0.2, 0) is 9.59 Å². The normalized spacial score (nSPS) is 17.0. The summed E-state index contributed by atoms with van der Waals surface area (Å²) >= 11 is 0. The van der Waals surface area contributed by atoms with Crippen LogP contribution >= 0.6 is 0 Å². The van der Waals surface area contributed by atoms with Gasteiger partial charge in [0.15, 0.2) is 0 Å². The molecule has 0 aromatic carbocycles. The lowest BCUT2D eigenvalue weighted by atomic mass is 9.95. The zero-order chi connectivity index (χ0) is 12.8. The van der Waals surface area contributed by atoms with E-state index in [2.05, 4.69) is 5.32 Å². The standard InChI is InChI=1S/C12H23N3O2/c1-4-13-9-11(16)15-7-5-10(6-8-15)12(17)14(2)3/h10,13H,4-9H2,1-3H3. The third kappa shape index (κ3) is 4.00. The molecule has 1 heterocycles. The monoisotopic (exact) mass is 241 g/mol. The second-order valence-corrected chi connectivity index (χ2v) is 4.67. The van der Waals surface area contributed by atoms with Crippen LogP contribution in [0.5, 0.6) is 0 Å². The highest BCUT2D eigenvalue weighted by molar-refractivity contribution is 5.80. The molecule has 1 fully saturated rings. The van der Waals surface area contributed by atoms with Gasteiger partial charge in [-0.25, -0.2) is 0 Å². The maximum atomic E-state index is 11.8. The Bertz CT molecular complexity index is 271. The zero-order valence-corrected chi connectivity index (χ0v) is 11.0. The van der Waals surface area contributed by atoms with Crippen molar-refractivity contribution in [1.29, 1.82) is 0 Å². The number of likely N-dealkylation sites (N-methyl/N-ethyl adjacent to an activating group) is 1. The molecule has 0 aromatic rings. The average molecular weight is 241 g/mol. The fourth-order valence-corrected chi connectivity index (χ4v) is 2.08. The number of hydrogen-bond acceptors (Lipinski definition) is 3. The molecular formula is C12H23N3O2. The van der Waals surface area contributed by atoms with Gasteiger partial charge in [-0.3, -0.25) is 9.59 Å². The minimum atomic E-state index is 0.0909. The van der Waals surface area contributed by atoms with Crippen molar-refractivity contribution in [1.82, 2.24) is 15.1 Å². The predicted molar refractivity (Wildman–Crippen MR) is 66.5 cm³/mol. The maximum Gasteiger partial charge on any atom is 0.236 e. The number of hydrogen-bond donors (Lipinski definition) is 1. The molecule has 1 N–H and O–H groups in total. The van der Waals surface area contributed by atoms with Crippen molar-refractivity contribution >= 4 is 11.8 Å². The molecule has 0 atom stereocenters. The van der Waals surface area contributed by atoms with E-state index < -0.39 is 0 Å². The number of likely N-dealkylation sites (tertiary alicyclic amines) is 1. The first-order valence-corrected chi connectivity index (χ1v) is 6.26. The molecule has 0 bridgehead atoms. The van der Waals surface area contributed by atoms with Crippen molar-refractivity contribution in [3.8, 4) is 0 Å². The van der Waals surface area contributed by atoms with E-state index >= 15 is 0 Å². The molecule has 5 nitrogen and oxygen atoms in total. The molecule has 0 aromatic heterocycles. The van der Waals surface area contributed by atoms with Crippen LogP contribution in [-0.4, -0.2) is 61.9 Å². The van der Waals surface area contributed by atoms with Crippen LogP contribution in [0.1, 0.15) is 19.8 Å². The van der Waals surface area contributed by atoms with E-state index in [1.807, 2.05) is 11.8 Å². The summed E-state index contributed by atoms with van der Waals surface area (Å²) < 4.78 is 0. The molecule has 0 aliphatic carbocycles. The zero-order valence-electron chi connectivity index (χ0n) is 11.0. The molecular weight excluding hydrogens is 218 g/mol. The molecule has 17 heavy (non-hydrogen) atoms. The smallest absolute Gasteiger partial charge is 0.236 e. The van der Waals surface area contributed by atoms with Crippen LogP contribution in [0.2, 0.25) is 0 Å². The highest BCUT2D eigenvalue weighted by Gasteiger charge is 2.27. The van der Waals surface area contributed by atoms with Crippen molar-refractivity contribution in [3.05, 3.63) is 0 Å². The lowest BCUT2D eigenvalue weighted by molar-refractivity contribution is -0.138. The molecule has 0 radical (unpaired) electrons. The van der Waals surface area contributed by atoms with E-state index in [0.29, 0.717) is 19.6 Å². The van der Waals surface area contributed by atoms with Crippen molar-refractivity contribution in [3.63, 3.8) is 0 Å². The summed E-state index contributed by atoms with van der Waals surface area (Å²) in [6.45, 7) is 4.60. The first kappa shape index (κ1) is 14.0. The first-order valence-electron chi connectivity index (χ1n) is 6.26. The number of nitrogens with zero attached hydrogens (tertiary/aromatic N) is 2. The maximum absolute atomic E-state index is 11.8. The molecule has 2 amide bonds. The van der Waals surface area contributed by atoms with E-state index in [-0.39, 0.29) is 17.7 Å². The molecule has 1 aliphatic heterocycles. The Morgan fingerprint density at radius 3 is 2.35 bits per heavy atom. The molecule has 5 heteroatoms. The van der Waals surface area contributed by atoms with E-state index in [0.717, 1.165) is 19.4 Å². The minimum absolute atomic E-state index is 0.0909. The van der Waals surface area contributed by atoms with Gasteiger partial charge < -0.3 is 15.1 Å². The lowest BCUT2D eigenvalue weighted by Crippen LogP contribution is -2.45. The molecule has 1 saturated heterocycles. The fourth-order valence-electron chi connectivity index (χ4n) is 2.08. The third-order valence-electron chi connectivity index (χ3n) is 3.16. The number of piperidine rings is 1. The van der Waals surface area contributed by atoms with Crippen molar-refractivity contribution in [2.45, 2.75) is 19.8 Å². The highest BCUT2D eigenvalue weighted by atomic mass is 16.2. The van der Waals surface area contributed by atoms with Gasteiger partial charge in [-0.1, -0.05) is 6.92 Å². The van der Waals surface area contributed by atoms with Gasteiger partial charge in [-0.2, -0.15) is 0 Å². The Morgan fingerprint density at radius 1 is 1.29 bits per heavy atom. The van der Waals surface area contributed by atoms with Crippen LogP contribution < -0.4 is 5.32 Å². The van der Waals surface area contributed by atoms with Crippen LogP contribution in [0.3, 0.4) is 0 Å². The number of carbonyl (C=O) groups is 2. The van der Waals surface area contributed by atoms with Crippen LogP contribution in [0.15, 0.2) is 0 Å². The minimum Gasteiger partial charge on any atom is -0.349 e. The Labute approximate surface area is 103 Å². The van der Waals surface area contributed by atoms with Gasteiger partial charge in [0, 0.05) is 33.1 Å². The largest absolute Gasteiger partial charge is 0.349 e. The van der Waals surface area contributed by atoms with Crippen molar-refractivity contribution in [2.75, 3.05) is 40.3 Å². The van der Waals surface area contributed by atoms with Gasteiger partial charge in [0.05, 0.1) is 6.54 Å². The summed E-state index contributed by atoms with van der Waals surface area (Å²) in [6.07, 6.45) is 1.57. The average Bonchev–Trinajstić information content (AvgIpc) is 2.35. The lowest BCUT2D eigenvalue weighted by Gasteiger charge is -2.32. The summed E-state index contributed by atoms with van der Waals surface area (Å²) in [4.78, 5) is 27.0. The summed E-state index contributed by atoms with van der Waals surface area (Å²) in [6, 6.07) is 0. The Hall–Kier alpha value is -1.10. The van der Waals surface area contributed by atoms with E-state index in [4.69, 9.17) is 0 Å². The molecule has 1 rings (SSSR count). The van der Waals surface area contributed by atoms with Crippen molar-refractivity contribution in [2.24, 2.45) is 5.92 Å². The van der Waals surface area contributed by atoms with Crippen LogP contribution in [0, 0.1) is 5.92 Å². The predicted octanol–water partition coefficient (Wildman–Crippen LogP) is -0.0773. The highest BCUT2D eigenvalue weighted by Crippen LogP contribution is 2.18. The quantitative estimate of drug-likeness (QED) is 0.749. The summed E-state index contributed by atoms with van der Waals surface area (Å²) in [5.41, 5.74) is 0. The van der Waals surface area contributed by atoms with E-state index in [1.165, 1.54) is 0 Å². The van der Waals surface area contributed by atoms with Gasteiger partial charge in [-0.15, -0.1) is 0 Å². The second-order valence-electron chi connectivity index (χ2n) is 4.67. The molecule has 1 aliphatic rings. The summed E-state index contributed by atoms with van der Waals surface area (Å²) in [7, 11) is 3.57. The van der Waals surface area contributed by atoms with E-state index in [9.17, 15) is 9.59 Å². The molecule has 0 saturated carbocycles. The van der Waals surface area contributed by atoms with Crippen molar-refractivity contribution < 1.29 is 9.59 Å². The van der Waals surface area contributed by atoms with Gasteiger partial charge in [0.2, 0.25) is 11.8 Å². The molecule has 0 spiro atoms. The Balaban J connectivity index is 2.35. The number of amides is 2. The summed E-state index contributed by atoms with van der Waals surface area (Å²) in [5, 5.41) is 3.03. The Morgan fingerprint density at radius 2 is 1.88 bits per heavy atom. The van der Waals surface area contributed by atoms with Crippen LogP contribution in [0.4, 0.5) is 0 Å². The number of rotatable bonds is 4. The first-order chi connectivity index (χ1) is 8.06. The third-order valence-corrected chi connectivity index (χ3v) is 3.16. The SMILES string of the molecule is CCNCC(=O)N1CCC(C(=O)N(C)C)CC1. The second kappa shape index (κ2) is 6.59. The number of carbonyl (C=O) groups excluding carboxylic acids is 2. The molecule has 98 valence electrons. The van der Waals surface area contributed by atoms with Gasteiger partial charge in [-0.05, 0) is 19.4 Å². The Kier molecular flexibility index (Phi) is 5.41. The topological polar surface area (TPSA) is 52.7 Å². The summed E-state index contributed by atoms with van der Waals surface area (Å²) in [5.74, 6) is 0.416. The fraction of sp³-hybridized carbons (Fsp3) is 0.833. The van der Waals surface area contributed by atoms with Gasteiger partial charge >= 0.3 is 0 Å².